The van der Waals surface area contributed by atoms with E-state index in [1.165, 1.54) is 12.8 Å². The summed E-state index contributed by atoms with van der Waals surface area (Å²) in [6, 6.07) is 0. The van der Waals surface area contributed by atoms with Crippen LogP contribution in [0, 0.1) is 17.8 Å². The molecule has 90 valence electrons. The highest BCUT2D eigenvalue weighted by Gasteiger charge is 2.33. The van der Waals surface area contributed by atoms with E-state index < -0.39 is 0 Å². The second-order valence-electron chi connectivity index (χ2n) is 4.71. The Morgan fingerprint density at radius 1 is 1.56 bits per heavy atom. The molecule has 0 spiro atoms. The minimum absolute atomic E-state index is 0.437. The number of nitrogens with zero attached hydrogens (tertiary/aromatic N) is 2. The van der Waals surface area contributed by atoms with Gasteiger partial charge in [0.1, 0.15) is 6.54 Å². The first-order chi connectivity index (χ1) is 7.65. The molecular formula is C13H23N3. The lowest BCUT2D eigenvalue weighted by Gasteiger charge is -2.25. The number of hydrogen-bond donors (Lipinski definition) is 1. The molecule has 1 saturated heterocycles. The molecule has 0 saturated carbocycles. The van der Waals surface area contributed by atoms with E-state index in [0.717, 1.165) is 25.6 Å². The van der Waals surface area contributed by atoms with Crippen molar-refractivity contribution in [3.8, 4) is 12.3 Å². The smallest absolute Gasteiger partial charge is 0.194 e. The Balaban J connectivity index is 2.64. The summed E-state index contributed by atoms with van der Waals surface area (Å²) in [5, 5.41) is 3.30. The van der Waals surface area contributed by atoms with Crippen LogP contribution >= 0.6 is 0 Å². The second kappa shape index (κ2) is 5.79. The van der Waals surface area contributed by atoms with E-state index in [4.69, 9.17) is 6.42 Å². The first-order valence-electron chi connectivity index (χ1n) is 6.12. The van der Waals surface area contributed by atoms with Crippen molar-refractivity contribution < 1.29 is 0 Å². The third kappa shape index (κ3) is 3.16. The monoisotopic (exact) mass is 221 g/mol. The van der Waals surface area contributed by atoms with Gasteiger partial charge < -0.3 is 10.2 Å². The Labute approximate surface area is 99.3 Å². The average molecular weight is 221 g/mol. The molecule has 1 aliphatic heterocycles. The van der Waals surface area contributed by atoms with E-state index in [9.17, 15) is 0 Å². The van der Waals surface area contributed by atoms with Gasteiger partial charge in [-0.15, -0.1) is 6.42 Å². The molecule has 3 heteroatoms. The number of likely N-dealkylation sites (tertiary alicyclic amines) is 1. The Bertz CT molecular complexity index is 290. The van der Waals surface area contributed by atoms with Crippen LogP contribution in [0.1, 0.15) is 33.6 Å². The molecule has 0 radical (unpaired) electrons. The topological polar surface area (TPSA) is 27.6 Å². The predicted octanol–water partition coefficient (Wildman–Crippen LogP) is 1.71. The van der Waals surface area contributed by atoms with Crippen LogP contribution in [0.15, 0.2) is 4.99 Å². The zero-order chi connectivity index (χ0) is 12.0. The van der Waals surface area contributed by atoms with Crippen molar-refractivity contribution in [1.82, 2.24) is 10.2 Å². The van der Waals surface area contributed by atoms with Crippen LogP contribution in [0.5, 0.6) is 0 Å². The SMILES string of the molecule is C#CCN=C(NCC)N1CCC(C)(CC)C1. The summed E-state index contributed by atoms with van der Waals surface area (Å²) in [5.41, 5.74) is 0.437. The maximum atomic E-state index is 5.25. The van der Waals surface area contributed by atoms with Gasteiger partial charge in [0.2, 0.25) is 0 Å². The van der Waals surface area contributed by atoms with E-state index in [1.807, 2.05) is 0 Å². The van der Waals surface area contributed by atoms with E-state index in [2.05, 4.69) is 41.9 Å². The quantitative estimate of drug-likeness (QED) is 0.446. The molecule has 1 N–H and O–H groups in total. The normalized spacial score (nSPS) is 25.6. The van der Waals surface area contributed by atoms with Crippen molar-refractivity contribution in [3.05, 3.63) is 0 Å². The number of rotatable bonds is 3. The minimum Gasteiger partial charge on any atom is -0.356 e. The molecule has 1 fully saturated rings. The second-order valence-corrected chi connectivity index (χ2v) is 4.71. The van der Waals surface area contributed by atoms with Crippen molar-refractivity contribution in [2.75, 3.05) is 26.2 Å². The van der Waals surface area contributed by atoms with E-state index >= 15 is 0 Å². The van der Waals surface area contributed by atoms with Gasteiger partial charge in [-0.05, 0) is 25.2 Å². The highest BCUT2D eigenvalue weighted by Crippen LogP contribution is 2.32. The van der Waals surface area contributed by atoms with Gasteiger partial charge >= 0.3 is 0 Å². The molecular weight excluding hydrogens is 198 g/mol. The van der Waals surface area contributed by atoms with Gasteiger partial charge in [0.25, 0.3) is 0 Å². The standard InChI is InChI=1S/C13H23N3/c1-5-9-15-12(14-7-3)16-10-8-13(4,6-2)11-16/h1H,6-11H2,2-4H3,(H,14,15). The van der Waals surface area contributed by atoms with E-state index in [0.29, 0.717) is 12.0 Å². The summed E-state index contributed by atoms with van der Waals surface area (Å²) in [6.07, 6.45) is 7.71. The molecule has 1 aliphatic rings. The zero-order valence-electron chi connectivity index (χ0n) is 10.7. The highest BCUT2D eigenvalue weighted by atomic mass is 15.3. The van der Waals surface area contributed by atoms with Gasteiger partial charge in [-0.25, -0.2) is 4.99 Å². The Hall–Kier alpha value is -1.17. The number of terminal acetylenes is 1. The molecule has 1 unspecified atom stereocenters. The molecule has 0 amide bonds. The average Bonchev–Trinajstić information content (AvgIpc) is 2.68. The number of hydrogen-bond acceptors (Lipinski definition) is 1. The molecule has 0 aliphatic carbocycles. The summed E-state index contributed by atoms with van der Waals surface area (Å²) >= 11 is 0. The molecule has 0 aromatic rings. The van der Waals surface area contributed by atoms with Crippen LogP contribution in [-0.2, 0) is 0 Å². The molecule has 16 heavy (non-hydrogen) atoms. The largest absolute Gasteiger partial charge is 0.356 e. The summed E-state index contributed by atoms with van der Waals surface area (Å²) in [6.45, 7) is 10.2. The van der Waals surface area contributed by atoms with E-state index in [1.54, 1.807) is 0 Å². The predicted molar refractivity (Wildman–Crippen MR) is 69.4 cm³/mol. The van der Waals surface area contributed by atoms with Crippen molar-refractivity contribution in [1.29, 1.82) is 0 Å². The van der Waals surface area contributed by atoms with Crippen molar-refractivity contribution in [2.24, 2.45) is 10.4 Å². The molecule has 0 bridgehead atoms. The summed E-state index contributed by atoms with van der Waals surface area (Å²) in [4.78, 5) is 6.73. The van der Waals surface area contributed by atoms with Gasteiger partial charge in [0, 0.05) is 19.6 Å². The molecule has 3 nitrogen and oxygen atoms in total. The maximum absolute atomic E-state index is 5.25. The highest BCUT2D eigenvalue weighted by molar-refractivity contribution is 5.80. The van der Waals surface area contributed by atoms with Crippen LogP contribution < -0.4 is 5.32 Å². The Kier molecular flexibility index (Phi) is 4.67. The third-order valence-electron chi connectivity index (χ3n) is 3.37. The lowest BCUT2D eigenvalue weighted by atomic mass is 9.87. The fourth-order valence-electron chi connectivity index (χ4n) is 2.04. The van der Waals surface area contributed by atoms with E-state index in [-0.39, 0.29) is 0 Å². The van der Waals surface area contributed by atoms with Gasteiger partial charge in [-0.1, -0.05) is 19.8 Å². The van der Waals surface area contributed by atoms with Crippen LogP contribution in [0.2, 0.25) is 0 Å². The fraction of sp³-hybridized carbons (Fsp3) is 0.769. The lowest BCUT2D eigenvalue weighted by molar-refractivity contribution is 0.322. The van der Waals surface area contributed by atoms with Gasteiger partial charge in [-0.2, -0.15) is 0 Å². The fourth-order valence-corrected chi connectivity index (χ4v) is 2.04. The number of aliphatic imine (C=N–C) groups is 1. The summed E-state index contributed by atoms with van der Waals surface area (Å²) in [5.74, 6) is 3.53. The van der Waals surface area contributed by atoms with Crippen molar-refractivity contribution in [2.45, 2.75) is 33.6 Å². The summed E-state index contributed by atoms with van der Waals surface area (Å²) < 4.78 is 0. The Morgan fingerprint density at radius 2 is 2.31 bits per heavy atom. The van der Waals surface area contributed by atoms with Crippen molar-refractivity contribution in [3.63, 3.8) is 0 Å². The third-order valence-corrected chi connectivity index (χ3v) is 3.37. The summed E-state index contributed by atoms with van der Waals surface area (Å²) in [7, 11) is 0. The molecule has 1 heterocycles. The molecule has 0 aromatic heterocycles. The minimum atomic E-state index is 0.437. The molecule has 0 aromatic carbocycles. The van der Waals surface area contributed by atoms with Crippen LogP contribution in [0.3, 0.4) is 0 Å². The van der Waals surface area contributed by atoms with Gasteiger partial charge in [-0.3, -0.25) is 0 Å². The van der Waals surface area contributed by atoms with Crippen molar-refractivity contribution >= 4 is 5.96 Å². The maximum Gasteiger partial charge on any atom is 0.194 e. The first-order valence-corrected chi connectivity index (χ1v) is 6.12. The number of guanidine groups is 1. The lowest BCUT2D eigenvalue weighted by Crippen LogP contribution is -2.41. The van der Waals surface area contributed by atoms with Crippen LogP contribution in [0.4, 0.5) is 0 Å². The van der Waals surface area contributed by atoms with Gasteiger partial charge in [0.15, 0.2) is 5.96 Å². The molecule has 1 atom stereocenters. The zero-order valence-corrected chi connectivity index (χ0v) is 10.7. The number of nitrogens with one attached hydrogen (secondary N) is 1. The van der Waals surface area contributed by atoms with Crippen LogP contribution in [-0.4, -0.2) is 37.0 Å². The molecule has 1 rings (SSSR count). The Morgan fingerprint density at radius 3 is 2.81 bits per heavy atom. The first kappa shape index (κ1) is 12.9. The van der Waals surface area contributed by atoms with Crippen LogP contribution in [0.25, 0.3) is 0 Å². The van der Waals surface area contributed by atoms with Gasteiger partial charge in [0.05, 0.1) is 0 Å².